The predicted molar refractivity (Wildman–Crippen MR) is 141 cm³/mol. The molecule has 1 saturated carbocycles. The van der Waals surface area contributed by atoms with Crippen LogP contribution < -0.4 is 19.5 Å². The molecule has 9 nitrogen and oxygen atoms in total. The number of likely N-dealkylation sites (tertiary alicyclic amines) is 1. The van der Waals surface area contributed by atoms with Gasteiger partial charge >= 0.3 is 6.61 Å². The molecule has 3 aromatic rings. The van der Waals surface area contributed by atoms with E-state index in [1.54, 1.807) is 35.0 Å². The highest BCUT2D eigenvalue weighted by Gasteiger charge is 2.33. The lowest BCUT2D eigenvalue weighted by Crippen LogP contribution is -2.44. The number of nitrogens with zero attached hydrogens (tertiary/aromatic N) is 3. The largest absolute Gasteiger partial charge is 0.496 e. The Labute approximate surface area is 229 Å². The third-order valence-electron chi connectivity index (χ3n) is 7.34. The van der Waals surface area contributed by atoms with Crippen molar-refractivity contribution < 1.29 is 37.3 Å². The molecule has 2 N–H and O–H groups in total. The number of aromatic nitrogens is 2. The third kappa shape index (κ3) is 6.44. The molecular weight excluding hydrogens is 529 g/mol. The van der Waals surface area contributed by atoms with Gasteiger partial charge in [-0.05, 0) is 50.3 Å². The zero-order valence-corrected chi connectivity index (χ0v) is 22.2. The van der Waals surface area contributed by atoms with Crippen molar-refractivity contribution >= 4 is 11.6 Å². The van der Waals surface area contributed by atoms with Gasteiger partial charge in [0.05, 0.1) is 32.2 Å². The second kappa shape index (κ2) is 11.9. The number of aliphatic hydroxyl groups excluding tert-OH is 1. The van der Waals surface area contributed by atoms with Crippen LogP contribution in [0.25, 0.3) is 16.9 Å². The average molecular weight is 563 g/mol. The first kappa shape index (κ1) is 28.0. The zero-order valence-electron chi connectivity index (χ0n) is 22.2. The first-order valence-corrected chi connectivity index (χ1v) is 13.4. The number of rotatable bonds is 12. The van der Waals surface area contributed by atoms with Crippen LogP contribution in [0.3, 0.4) is 0 Å². The predicted octanol–water partition coefficient (Wildman–Crippen LogP) is 4.07. The van der Waals surface area contributed by atoms with Gasteiger partial charge in [-0.3, -0.25) is 9.20 Å². The van der Waals surface area contributed by atoms with Crippen LogP contribution in [-0.2, 0) is 0 Å². The number of carbonyl (C=O) groups excluding carboxylic acids is 1. The molecule has 0 atom stereocenters. The van der Waals surface area contributed by atoms with Crippen LogP contribution in [0.2, 0.25) is 0 Å². The zero-order chi connectivity index (χ0) is 28.3. The number of methoxy groups -OCH3 is 1. The summed E-state index contributed by atoms with van der Waals surface area (Å²) in [7, 11) is 1.37. The van der Waals surface area contributed by atoms with Crippen molar-refractivity contribution in [2.75, 3.05) is 40.0 Å². The van der Waals surface area contributed by atoms with E-state index in [4.69, 9.17) is 14.2 Å². The lowest BCUT2D eigenvalue weighted by molar-refractivity contribution is -0.0502. The van der Waals surface area contributed by atoms with E-state index in [-0.39, 0.29) is 23.1 Å². The van der Waals surface area contributed by atoms with Gasteiger partial charge in [0.25, 0.3) is 5.91 Å². The number of imidazole rings is 1. The van der Waals surface area contributed by atoms with E-state index in [1.807, 2.05) is 0 Å². The number of amides is 1. The molecule has 1 aliphatic carbocycles. The summed E-state index contributed by atoms with van der Waals surface area (Å²) in [6.07, 6.45) is 6.48. The fraction of sp³-hybridized carbons (Fsp3) is 0.500. The fourth-order valence-electron chi connectivity index (χ4n) is 4.88. The summed E-state index contributed by atoms with van der Waals surface area (Å²) in [5, 5.41) is 12.0. The van der Waals surface area contributed by atoms with E-state index >= 15 is 0 Å². The molecular formula is C28H33F3N4O5. The van der Waals surface area contributed by atoms with Crippen LogP contribution in [0.5, 0.6) is 17.2 Å². The Balaban J connectivity index is 1.28. The highest BCUT2D eigenvalue weighted by Crippen LogP contribution is 2.37. The molecule has 2 aliphatic rings. The molecule has 1 aromatic carbocycles. The van der Waals surface area contributed by atoms with Crippen LogP contribution in [0, 0.1) is 0 Å². The lowest BCUT2D eigenvalue weighted by atomic mass is 9.94. The van der Waals surface area contributed by atoms with Crippen LogP contribution in [-0.4, -0.2) is 83.6 Å². The molecule has 1 aliphatic heterocycles. The van der Waals surface area contributed by atoms with Gasteiger partial charge in [0.2, 0.25) is 0 Å². The van der Waals surface area contributed by atoms with E-state index in [9.17, 15) is 23.1 Å². The monoisotopic (exact) mass is 562 g/mol. The minimum absolute atomic E-state index is 0.0276. The topological polar surface area (TPSA) is 97.6 Å². The summed E-state index contributed by atoms with van der Waals surface area (Å²) in [4.78, 5) is 19.4. The normalized spacial score (nSPS) is 17.2. The Hall–Kier alpha value is -3.51. The maximum absolute atomic E-state index is 14.2. The number of hydrogen-bond donors (Lipinski definition) is 2. The number of ether oxygens (including phenoxy) is 3. The van der Waals surface area contributed by atoms with Gasteiger partial charge in [-0.1, -0.05) is 0 Å². The van der Waals surface area contributed by atoms with Gasteiger partial charge in [0.15, 0.2) is 0 Å². The number of pyridine rings is 1. The van der Waals surface area contributed by atoms with Gasteiger partial charge in [-0.25, -0.2) is 9.37 Å². The summed E-state index contributed by atoms with van der Waals surface area (Å²) in [5.41, 5.74) is 0.116. The number of aliphatic hydroxyl groups is 1. The van der Waals surface area contributed by atoms with Crippen molar-refractivity contribution in [3.63, 3.8) is 0 Å². The number of halogens is 3. The number of alkyl halides is 3. The van der Waals surface area contributed by atoms with E-state index < -0.39 is 24.8 Å². The van der Waals surface area contributed by atoms with E-state index in [1.165, 1.54) is 13.2 Å². The quantitative estimate of drug-likeness (QED) is 0.321. The average Bonchev–Trinajstić information content (AvgIpc) is 3.66. The third-order valence-corrected chi connectivity index (χ3v) is 7.34. The Morgan fingerprint density at radius 3 is 2.65 bits per heavy atom. The molecule has 2 aromatic heterocycles. The number of carbonyl (C=O) groups is 1. The Bertz CT molecular complexity index is 1340. The van der Waals surface area contributed by atoms with Gasteiger partial charge in [0.1, 0.15) is 34.1 Å². The van der Waals surface area contributed by atoms with Crippen molar-refractivity contribution in [1.29, 1.82) is 0 Å². The summed E-state index contributed by atoms with van der Waals surface area (Å²) < 4.78 is 58.5. The summed E-state index contributed by atoms with van der Waals surface area (Å²) in [6, 6.07) is 6.57. The van der Waals surface area contributed by atoms with Crippen LogP contribution in [0.15, 0.2) is 36.7 Å². The SMILES string of the molecule is COc1cc(-c2cnc3cc(OCCCN4CCC(F)(CO)CC4)ccn23)cc(OC(F)F)c1C(=O)NC1CC1. The van der Waals surface area contributed by atoms with E-state index in [0.717, 1.165) is 25.8 Å². The number of fused-ring (bicyclic) bond motifs is 1. The summed E-state index contributed by atoms with van der Waals surface area (Å²) in [6.45, 7) is -1.08. The highest BCUT2D eigenvalue weighted by molar-refractivity contribution is 6.01. The molecule has 5 rings (SSSR count). The van der Waals surface area contributed by atoms with Crippen molar-refractivity contribution in [2.45, 2.75) is 50.4 Å². The van der Waals surface area contributed by atoms with E-state index in [2.05, 4.69) is 15.2 Å². The number of benzene rings is 1. The van der Waals surface area contributed by atoms with Crippen LogP contribution >= 0.6 is 0 Å². The number of nitrogens with one attached hydrogen (secondary N) is 1. The number of hydrogen-bond acceptors (Lipinski definition) is 7. The van der Waals surface area contributed by atoms with Crippen LogP contribution in [0.4, 0.5) is 13.2 Å². The Morgan fingerprint density at radius 2 is 1.98 bits per heavy atom. The second-order valence-corrected chi connectivity index (χ2v) is 10.3. The highest BCUT2D eigenvalue weighted by atomic mass is 19.3. The molecule has 0 bridgehead atoms. The van der Waals surface area contributed by atoms with E-state index in [0.29, 0.717) is 55.2 Å². The molecule has 1 amide bonds. The molecule has 216 valence electrons. The summed E-state index contributed by atoms with van der Waals surface area (Å²) >= 11 is 0. The number of piperidine rings is 1. The molecule has 12 heteroatoms. The minimum Gasteiger partial charge on any atom is -0.496 e. The second-order valence-electron chi connectivity index (χ2n) is 10.3. The standard InChI is InChI=1S/C28H33F3N4O5/c1-38-22-13-18(14-23(40-27(29)30)25(22)26(37)33-19-3-4-19)21-16-32-24-15-20(5-9-35(21)24)39-12-2-8-34-10-6-28(31,17-36)7-11-34/h5,9,13-16,19,27,36H,2-4,6-8,10-12,17H2,1H3,(H,33,37). The Kier molecular flexibility index (Phi) is 8.36. The molecule has 0 unspecified atom stereocenters. The first-order valence-electron chi connectivity index (χ1n) is 13.4. The lowest BCUT2D eigenvalue weighted by Gasteiger charge is -2.35. The maximum atomic E-state index is 14.2. The van der Waals surface area contributed by atoms with Gasteiger partial charge in [0, 0.05) is 43.5 Å². The van der Waals surface area contributed by atoms with Gasteiger partial charge in [-0.15, -0.1) is 0 Å². The smallest absolute Gasteiger partial charge is 0.387 e. The first-order chi connectivity index (χ1) is 19.3. The molecule has 0 radical (unpaired) electrons. The van der Waals surface area contributed by atoms with Crippen molar-refractivity contribution in [2.24, 2.45) is 0 Å². The van der Waals surface area contributed by atoms with Crippen molar-refractivity contribution in [1.82, 2.24) is 19.6 Å². The molecule has 0 spiro atoms. The maximum Gasteiger partial charge on any atom is 0.387 e. The van der Waals surface area contributed by atoms with Gasteiger partial charge in [-0.2, -0.15) is 8.78 Å². The van der Waals surface area contributed by atoms with Gasteiger partial charge < -0.3 is 29.5 Å². The van der Waals surface area contributed by atoms with Crippen molar-refractivity contribution in [3.8, 4) is 28.5 Å². The molecule has 3 heterocycles. The molecule has 2 fully saturated rings. The molecule has 40 heavy (non-hydrogen) atoms. The van der Waals surface area contributed by atoms with Crippen LogP contribution in [0.1, 0.15) is 42.5 Å². The van der Waals surface area contributed by atoms with Crippen molar-refractivity contribution in [3.05, 3.63) is 42.2 Å². The Morgan fingerprint density at radius 1 is 1.23 bits per heavy atom. The fourth-order valence-corrected chi connectivity index (χ4v) is 4.88. The minimum atomic E-state index is -3.12. The molecule has 1 saturated heterocycles. The summed E-state index contributed by atoms with van der Waals surface area (Å²) in [5.74, 6) is -0.0663.